The summed E-state index contributed by atoms with van der Waals surface area (Å²) in [6.45, 7) is 2.45. The standard InChI is InChI=1S/C37H45N3O5/c1-25-12-8-9-13-26(25)20-21-40(34(41)19-18-27-24-38-31-17-11-10-16-30(27)31)35(37(42)39-29-14-6-5-7-15-29)28-22-32(43-2)36(45-4)33(23-28)44-3/h8-13,16-17,22-24,29,35,38H,5-7,14-15,18-21H2,1-4H3,(H,39,42)/t35-/m0/s1. The second kappa shape index (κ2) is 15.0. The van der Waals surface area contributed by atoms with Crippen LogP contribution in [0.25, 0.3) is 10.9 Å². The minimum absolute atomic E-state index is 0.0790. The molecule has 0 saturated heterocycles. The quantitative estimate of drug-likeness (QED) is 0.176. The Labute approximate surface area is 266 Å². The number of aromatic nitrogens is 1. The third-order valence-electron chi connectivity index (χ3n) is 9.00. The number of fused-ring (bicyclic) bond motifs is 1. The highest BCUT2D eigenvalue weighted by molar-refractivity contribution is 5.90. The first-order chi connectivity index (χ1) is 21.9. The zero-order valence-electron chi connectivity index (χ0n) is 26.9. The fourth-order valence-corrected chi connectivity index (χ4v) is 6.51. The van der Waals surface area contributed by atoms with E-state index in [1.165, 1.54) is 6.42 Å². The van der Waals surface area contributed by atoms with Gasteiger partial charge in [0.05, 0.1) is 21.3 Å². The number of benzene rings is 3. The van der Waals surface area contributed by atoms with Crippen LogP contribution in [0.3, 0.4) is 0 Å². The lowest BCUT2D eigenvalue weighted by Gasteiger charge is -2.34. The number of H-pyrrole nitrogens is 1. The molecule has 8 heteroatoms. The molecule has 1 aliphatic carbocycles. The molecule has 0 unspecified atom stereocenters. The Bertz CT molecular complexity index is 1580. The van der Waals surface area contributed by atoms with E-state index >= 15 is 0 Å². The van der Waals surface area contributed by atoms with E-state index in [4.69, 9.17) is 14.2 Å². The summed E-state index contributed by atoms with van der Waals surface area (Å²) in [5.74, 6) is 1.03. The van der Waals surface area contributed by atoms with Crippen LogP contribution >= 0.6 is 0 Å². The molecule has 1 atom stereocenters. The minimum Gasteiger partial charge on any atom is -0.493 e. The number of hydrogen-bond acceptors (Lipinski definition) is 5. The summed E-state index contributed by atoms with van der Waals surface area (Å²) in [6, 6.07) is 19.1. The molecular weight excluding hydrogens is 566 g/mol. The number of nitrogens with zero attached hydrogens (tertiary/aromatic N) is 1. The summed E-state index contributed by atoms with van der Waals surface area (Å²) < 4.78 is 16.9. The van der Waals surface area contributed by atoms with Crippen LogP contribution in [-0.2, 0) is 22.4 Å². The summed E-state index contributed by atoms with van der Waals surface area (Å²) in [7, 11) is 4.66. The first-order valence-electron chi connectivity index (χ1n) is 15.9. The maximum Gasteiger partial charge on any atom is 0.247 e. The second-order valence-electron chi connectivity index (χ2n) is 11.8. The zero-order valence-corrected chi connectivity index (χ0v) is 26.9. The van der Waals surface area contributed by atoms with Crippen LogP contribution in [0.5, 0.6) is 17.2 Å². The molecule has 0 radical (unpaired) electrons. The number of ether oxygens (including phenoxy) is 3. The zero-order chi connectivity index (χ0) is 31.8. The third kappa shape index (κ3) is 7.44. The van der Waals surface area contributed by atoms with Crippen molar-refractivity contribution in [3.8, 4) is 17.2 Å². The Hall–Kier alpha value is -4.46. The molecule has 45 heavy (non-hydrogen) atoms. The normalized spacial score (nSPS) is 14.1. The van der Waals surface area contributed by atoms with Gasteiger partial charge in [0.25, 0.3) is 0 Å². The predicted octanol–water partition coefficient (Wildman–Crippen LogP) is 6.70. The van der Waals surface area contributed by atoms with Crippen molar-refractivity contribution >= 4 is 22.7 Å². The summed E-state index contributed by atoms with van der Waals surface area (Å²) in [5, 5.41) is 4.41. The number of aromatic amines is 1. The van der Waals surface area contributed by atoms with Gasteiger partial charge >= 0.3 is 0 Å². The monoisotopic (exact) mass is 611 g/mol. The fourth-order valence-electron chi connectivity index (χ4n) is 6.51. The van der Waals surface area contributed by atoms with Gasteiger partial charge in [-0.15, -0.1) is 0 Å². The van der Waals surface area contributed by atoms with E-state index in [0.29, 0.717) is 42.2 Å². The first-order valence-corrected chi connectivity index (χ1v) is 15.9. The molecule has 0 aliphatic heterocycles. The lowest BCUT2D eigenvalue weighted by molar-refractivity contribution is -0.141. The van der Waals surface area contributed by atoms with Crippen molar-refractivity contribution in [3.05, 3.63) is 89.1 Å². The maximum absolute atomic E-state index is 14.4. The van der Waals surface area contributed by atoms with Gasteiger partial charge < -0.3 is 29.4 Å². The molecule has 8 nitrogen and oxygen atoms in total. The van der Waals surface area contributed by atoms with Gasteiger partial charge in [-0.25, -0.2) is 0 Å². The third-order valence-corrected chi connectivity index (χ3v) is 9.00. The van der Waals surface area contributed by atoms with Gasteiger partial charge in [0.1, 0.15) is 6.04 Å². The number of carbonyl (C=O) groups is 2. The van der Waals surface area contributed by atoms with Crippen LogP contribution in [0, 0.1) is 6.92 Å². The molecule has 1 heterocycles. The van der Waals surface area contributed by atoms with Gasteiger partial charge in [0, 0.05) is 36.1 Å². The second-order valence-corrected chi connectivity index (χ2v) is 11.8. The summed E-state index contributed by atoms with van der Waals surface area (Å²) in [6.07, 6.45) is 8.61. The highest BCUT2D eigenvalue weighted by Crippen LogP contribution is 2.41. The van der Waals surface area contributed by atoms with Crippen LogP contribution in [0.2, 0.25) is 0 Å². The van der Waals surface area contributed by atoms with E-state index in [9.17, 15) is 9.59 Å². The van der Waals surface area contributed by atoms with E-state index < -0.39 is 6.04 Å². The number of aryl methyl sites for hydroxylation is 2. The Morgan fingerprint density at radius 1 is 0.889 bits per heavy atom. The van der Waals surface area contributed by atoms with Crippen molar-refractivity contribution in [2.75, 3.05) is 27.9 Å². The average Bonchev–Trinajstić information content (AvgIpc) is 3.49. The topological polar surface area (TPSA) is 92.9 Å². The van der Waals surface area contributed by atoms with Crippen molar-refractivity contribution in [1.29, 1.82) is 0 Å². The summed E-state index contributed by atoms with van der Waals surface area (Å²) in [4.78, 5) is 33.8. The van der Waals surface area contributed by atoms with Gasteiger partial charge in [-0.2, -0.15) is 0 Å². The number of hydrogen-bond donors (Lipinski definition) is 2. The Kier molecular flexibility index (Phi) is 10.7. The molecule has 4 aromatic rings. The predicted molar refractivity (Wildman–Crippen MR) is 177 cm³/mol. The number of para-hydroxylation sites is 1. The van der Waals surface area contributed by atoms with Crippen molar-refractivity contribution < 1.29 is 23.8 Å². The molecule has 1 saturated carbocycles. The van der Waals surface area contributed by atoms with E-state index in [2.05, 4.69) is 35.4 Å². The van der Waals surface area contributed by atoms with Crippen molar-refractivity contribution in [2.45, 2.75) is 70.4 Å². The van der Waals surface area contributed by atoms with Gasteiger partial charge in [-0.3, -0.25) is 9.59 Å². The summed E-state index contributed by atoms with van der Waals surface area (Å²) in [5.41, 5.74) is 5.03. The molecule has 2 amide bonds. The number of rotatable bonds is 13. The van der Waals surface area contributed by atoms with Crippen molar-refractivity contribution in [3.63, 3.8) is 0 Å². The van der Waals surface area contributed by atoms with Crippen LogP contribution in [-0.4, -0.2) is 55.6 Å². The van der Waals surface area contributed by atoms with Gasteiger partial charge in [-0.1, -0.05) is 61.7 Å². The Morgan fingerprint density at radius 2 is 1.58 bits per heavy atom. The molecule has 1 fully saturated rings. The lowest BCUT2D eigenvalue weighted by Crippen LogP contribution is -2.47. The average molecular weight is 612 g/mol. The molecule has 0 bridgehead atoms. The lowest BCUT2D eigenvalue weighted by atomic mass is 9.94. The molecular formula is C37H45N3O5. The van der Waals surface area contributed by atoms with Gasteiger partial charge in [-0.05, 0) is 73.1 Å². The molecule has 238 valence electrons. The summed E-state index contributed by atoms with van der Waals surface area (Å²) >= 11 is 0. The first kappa shape index (κ1) is 31.9. The highest BCUT2D eigenvalue weighted by Gasteiger charge is 2.34. The number of nitrogens with one attached hydrogen (secondary N) is 2. The smallest absolute Gasteiger partial charge is 0.247 e. The highest BCUT2D eigenvalue weighted by atomic mass is 16.5. The van der Waals surface area contributed by atoms with Crippen molar-refractivity contribution in [1.82, 2.24) is 15.2 Å². The minimum atomic E-state index is -0.889. The van der Waals surface area contributed by atoms with Crippen molar-refractivity contribution in [2.24, 2.45) is 0 Å². The number of carbonyl (C=O) groups excluding carboxylic acids is 2. The number of methoxy groups -OCH3 is 3. The fraction of sp³-hybridized carbons (Fsp3) is 0.405. The molecule has 1 aromatic heterocycles. The van der Waals surface area contributed by atoms with Crippen LogP contribution in [0.1, 0.15) is 66.8 Å². The number of amides is 2. The van der Waals surface area contributed by atoms with Crippen LogP contribution < -0.4 is 19.5 Å². The van der Waals surface area contributed by atoms with E-state index in [1.54, 1.807) is 38.4 Å². The molecule has 1 aliphatic rings. The SMILES string of the molecule is COc1cc([C@@H](C(=O)NC2CCCCC2)N(CCc2ccccc2C)C(=O)CCc2c[nH]c3ccccc23)cc(OC)c1OC. The van der Waals surface area contributed by atoms with E-state index in [-0.39, 0.29) is 24.3 Å². The molecule has 0 spiro atoms. The maximum atomic E-state index is 14.4. The van der Waals surface area contributed by atoms with E-state index in [1.807, 2.05) is 36.5 Å². The molecule has 5 rings (SSSR count). The Balaban J connectivity index is 1.53. The van der Waals surface area contributed by atoms with Gasteiger partial charge in [0.15, 0.2) is 11.5 Å². The van der Waals surface area contributed by atoms with E-state index in [0.717, 1.165) is 53.3 Å². The molecule has 2 N–H and O–H groups in total. The molecule has 3 aromatic carbocycles. The van der Waals surface area contributed by atoms with Gasteiger partial charge in [0.2, 0.25) is 17.6 Å². The van der Waals surface area contributed by atoms with Crippen LogP contribution in [0.4, 0.5) is 0 Å². The largest absolute Gasteiger partial charge is 0.493 e. The van der Waals surface area contributed by atoms with Crippen LogP contribution in [0.15, 0.2) is 66.9 Å². The Morgan fingerprint density at radius 3 is 2.27 bits per heavy atom.